The van der Waals surface area contributed by atoms with Gasteiger partial charge in [-0.2, -0.15) is 13.2 Å². The second kappa shape index (κ2) is 7.28. The molecule has 0 radical (unpaired) electrons. The number of hydrogen-bond acceptors (Lipinski definition) is 3. The normalized spacial score (nSPS) is 18.4. The molecule has 1 heterocycles. The van der Waals surface area contributed by atoms with Crippen LogP contribution in [0.25, 0.3) is 0 Å². The quantitative estimate of drug-likeness (QED) is 0.643. The van der Waals surface area contributed by atoms with Gasteiger partial charge in [-0.25, -0.2) is 0 Å². The van der Waals surface area contributed by atoms with Gasteiger partial charge in [0.05, 0.1) is 21.8 Å². The van der Waals surface area contributed by atoms with Crippen molar-refractivity contribution in [2.75, 3.05) is 0 Å². The minimum Gasteiger partial charge on any atom is -0.487 e. The molecule has 1 aliphatic heterocycles. The Hall–Kier alpha value is -1.70. The van der Waals surface area contributed by atoms with E-state index in [1.165, 1.54) is 6.07 Å². The molecule has 1 aliphatic rings. The third-order valence-corrected chi connectivity index (χ3v) is 5.40. The van der Waals surface area contributed by atoms with E-state index in [0.29, 0.717) is 0 Å². The molecule has 8 heteroatoms. The lowest BCUT2D eigenvalue weighted by molar-refractivity contribution is -0.139. The predicted octanol–water partition coefficient (Wildman–Crippen LogP) is 5.24. The highest BCUT2D eigenvalue weighted by Crippen LogP contribution is 2.42. The van der Waals surface area contributed by atoms with Crippen LogP contribution < -0.4 is 10.2 Å². The Bertz CT molecular complexity index is 838. The maximum atomic E-state index is 13.7. The molecule has 1 saturated heterocycles. The lowest BCUT2D eigenvalue weighted by Gasteiger charge is -2.32. The monoisotopic (exact) mass is 412 g/mol. The average molecular weight is 413 g/mol. The first-order valence-electron chi connectivity index (χ1n) is 8.84. The molecular formula is C20H21BClF3O3. The van der Waals surface area contributed by atoms with Gasteiger partial charge in [-0.1, -0.05) is 41.9 Å². The van der Waals surface area contributed by atoms with Crippen molar-refractivity contribution in [3.63, 3.8) is 0 Å². The molecule has 0 spiro atoms. The molecule has 2 aromatic rings. The van der Waals surface area contributed by atoms with E-state index in [9.17, 15) is 13.2 Å². The van der Waals surface area contributed by atoms with Crippen LogP contribution >= 0.6 is 11.6 Å². The van der Waals surface area contributed by atoms with Crippen LogP contribution in [0.5, 0.6) is 5.75 Å². The van der Waals surface area contributed by atoms with Crippen LogP contribution in [0.15, 0.2) is 42.5 Å². The van der Waals surface area contributed by atoms with Gasteiger partial charge in [-0.15, -0.1) is 0 Å². The molecule has 0 N–H and O–H groups in total. The second-order valence-electron chi connectivity index (χ2n) is 7.74. The summed E-state index contributed by atoms with van der Waals surface area (Å²) in [7, 11) is -0.952. The molecule has 1 fully saturated rings. The fraction of sp³-hybridized carbons (Fsp3) is 0.400. The van der Waals surface area contributed by atoms with E-state index < -0.39 is 35.8 Å². The standard InChI is InChI=1S/C20H21BClF3O3/c1-18(2)19(3,4)28-21(27-18)14-10-15(20(23,24)25)17(16(22)11-14)26-12-13-8-6-5-7-9-13/h5-11H,12H2,1-4H3. The number of alkyl halides is 3. The summed E-state index contributed by atoms with van der Waals surface area (Å²) in [4.78, 5) is 0. The summed E-state index contributed by atoms with van der Waals surface area (Å²) in [6.07, 6.45) is -4.64. The topological polar surface area (TPSA) is 27.7 Å². The van der Waals surface area contributed by atoms with Gasteiger partial charge in [0.15, 0.2) is 5.75 Å². The van der Waals surface area contributed by atoms with Gasteiger partial charge in [0.1, 0.15) is 6.61 Å². The summed E-state index contributed by atoms with van der Waals surface area (Å²) in [6.45, 7) is 7.29. The minimum atomic E-state index is -4.64. The average Bonchev–Trinajstić information content (AvgIpc) is 2.81. The molecule has 3 nitrogen and oxygen atoms in total. The van der Waals surface area contributed by atoms with Gasteiger partial charge in [-0.3, -0.25) is 0 Å². The number of ether oxygens (including phenoxy) is 1. The minimum absolute atomic E-state index is 0.0283. The highest BCUT2D eigenvalue weighted by atomic mass is 35.5. The van der Waals surface area contributed by atoms with Gasteiger partial charge in [0, 0.05) is 0 Å². The zero-order valence-corrected chi connectivity index (χ0v) is 16.8. The van der Waals surface area contributed by atoms with Crippen LogP contribution in [0.4, 0.5) is 13.2 Å². The van der Waals surface area contributed by atoms with Crippen LogP contribution in [0.1, 0.15) is 38.8 Å². The maximum Gasteiger partial charge on any atom is 0.494 e. The van der Waals surface area contributed by atoms with E-state index in [4.69, 9.17) is 25.6 Å². The van der Waals surface area contributed by atoms with Crippen molar-refractivity contribution in [1.82, 2.24) is 0 Å². The van der Waals surface area contributed by atoms with E-state index in [2.05, 4.69) is 0 Å². The summed E-state index contributed by atoms with van der Waals surface area (Å²) in [5.41, 5.74) is -1.37. The highest BCUT2D eigenvalue weighted by molar-refractivity contribution is 6.62. The van der Waals surface area contributed by atoms with E-state index in [1.54, 1.807) is 24.3 Å². The van der Waals surface area contributed by atoms with Crippen LogP contribution in [0, 0.1) is 0 Å². The summed E-state index contributed by atoms with van der Waals surface area (Å²) in [6, 6.07) is 11.3. The van der Waals surface area contributed by atoms with E-state index in [-0.39, 0.29) is 17.1 Å². The molecule has 2 aromatic carbocycles. The van der Waals surface area contributed by atoms with Gasteiger partial charge >= 0.3 is 13.3 Å². The van der Waals surface area contributed by atoms with Crippen LogP contribution in [-0.4, -0.2) is 18.3 Å². The fourth-order valence-electron chi connectivity index (χ4n) is 2.82. The van der Waals surface area contributed by atoms with Crippen molar-refractivity contribution in [2.24, 2.45) is 0 Å². The largest absolute Gasteiger partial charge is 0.494 e. The van der Waals surface area contributed by atoms with Gasteiger partial charge in [0.2, 0.25) is 0 Å². The smallest absolute Gasteiger partial charge is 0.487 e. The molecule has 0 bridgehead atoms. The number of hydrogen-bond donors (Lipinski definition) is 0. The molecule has 150 valence electrons. The Morgan fingerprint density at radius 2 is 1.57 bits per heavy atom. The molecule has 0 aromatic heterocycles. The SMILES string of the molecule is CC1(C)OB(c2cc(Cl)c(OCc3ccccc3)c(C(F)(F)F)c2)OC1(C)C. The van der Waals surface area contributed by atoms with Crippen molar-refractivity contribution in [3.8, 4) is 5.75 Å². The molecule has 0 unspecified atom stereocenters. The molecule has 28 heavy (non-hydrogen) atoms. The third kappa shape index (κ3) is 4.16. The van der Waals surface area contributed by atoms with Gasteiger partial charge in [-0.05, 0) is 50.9 Å². The summed E-state index contributed by atoms with van der Waals surface area (Å²) >= 11 is 6.19. The van der Waals surface area contributed by atoms with E-state index in [0.717, 1.165) is 11.6 Å². The molecular weight excluding hydrogens is 391 g/mol. The predicted molar refractivity (Wildman–Crippen MR) is 103 cm³/mol. The third-order valence-electron chi connectivity index (χ3n) is 5.12. The molecule has 0 atom stereocenters. The van der Waals surface area contributed by atoms with E-state index in [1.807, 2.05) is 33.8 Å². The summed E-state index contributed by atoms with van der Waals surface area (Å²) in [5.74, 6) is -0.404. The Balaban J connectivity index is 1.94. The van der Waals surface area contributed by atoms with Gasteiger partial charge in [0.25, 0.3) is 0 Å². The summed E-state index contributed by atoms with van der Waals surface area (Å²) in [5, 5.41) is -0.143. The zero-order chi connectivity index (χ0) is 20.7. The van der Waals surface area contributed by atoms with Crippen LogP contribution in [0.3, 0.4) is 0 Å². The second-order valence-corrected chi connectivity index (χ2v) is 8.15. The van der Waals surface area contributed by atoms with E-state index >= 15 is 0 Å². The number of rotatable bonds is 4. The Morgan fingerprint density at radius 3 is 2.11 bits per heavy atom. The number of benzene rings is 2. The van der Waals surface area contributed by atoms with Crippen LogP contribution in [0.2, 0.25) is 5.02 Å². The molecule has 0 amide bonds. The van der Waals surface area contributed by atoms with Gasteiger partial charge < -0.3 is 14.0 Å². The van der Waals surface area contributed by atoms with Crippen molar-refractivity contribution >= 4 is 24.2 Å². The highest BCUT2D eigenvalue weighted by Gasteiger charge is 2.52. The lowest BCUT2D eigenvalue weighted by atomic mass is 9.78. The first-order valence-corrected chi connectivity index (χ1v) is 9.21. The Kier molecular flexibility index (Phi) is 5.47. The number of halogens is 4. The maximum absolute atomic E-state index is 13.7. The lowest BCUT2D eigenvalue weighted by Crippen LogP contribution is -2.41. The molecule has 3 rings (SSSR count). The Morgan fingerprint density at radius 1 is 1.00 bits per heavy atom. The molecule has 0 saturated carbocycles. The molecule has 0 aliphatic carbocycles. The van der Waals surface area contributed by atoms with Crippen LogP contribution in [-0.2, 0) is 22.1 Å². The Labute approximate surface area is 167 Å². The first kappa shape index (κ1) is 21.0. The van der Waals surface area contributed by atoms with Crippen molar-refractivity contribution in [3.05, 3.63) is 58.6 Å². The fourth-order valence-corrected chi connectivity index (χ4v) is 3.10. The van der Waals surface area contributed by atoms with Crippen molar-refractivity contribution in [2.45, 2.75) is 51.7 Å². The van der Waals surface area contributed by atoms with Crippen molar-refractivity contribution in [1.29, 1.82) is 0 Å². The first-order chi connectivity index (χ1) is 12.9. The zero-order valence-electron chi connectivity index (χ0n) is 16.1. The van der Waals surface area contributed by atoms with Crippen molar-refractivity contribution < 1.29 is 27.2 Å². The summed E-state index contributed by atoms with van der Waals surface area (Å²) < 4.78 is 58.3.